The SMILES string of the molecule is O=S(=O)(c1ccc2c(c1)CCCC2)N1CCN(Cc2nnc(-c3ccc(Cl)cc3)o2)CC1. The number of benzene rings is 2. The number of fused-ring (bicyclic) bond motifs is 1. The second-order valence-corrected chi connectivity index (χ2v) is 10.7. The van der Waals surface area contributed by atoms with E-state index in [4.69, 9.17) is 16.0 Å². The van der Waals surface area contributed by atoms with Crippen molar-refractivity contribution in [3.63, 3.8) is 0 Å². The summed E-state index contributed by atoms with van der Waals surface area (Å²) >= 11 is 5.93. The van der Waals surface area contributed by atoms with Crippen LogP contribution in [-0.4, -0.2) is 54.0 Å². The number of nitrogens with zero attached hydrogens (tertiary/aromatic N) is 4. The fourth-order valence-electron chi connectivity index (χ4n) is 4.37. The molecule has 9 heteroatoms. The molecular weight excluding hydrogens is 448 g/mol. The number of piperazine rings is 1. The van der Waals surface area contributed by atoms with E-state index in [0.29, 0.717) is 54.4 Å². The van der Waals surface area contributed by atoms with Gasteiger partial charge < -0.3 is 4.42 Å². The minimum absolute atomic E-state index is 0.413. The van der Waals surface area contributed by atoms with Crippen LogP contribution in [0, 0.1) is 0 Å². The lowest BCUT2D eigenvalue weighted by molar-refractivity contribution is 0.168. The van der Waals surface area contributed by atoms with Gasteiger partial charge in [-0.1, -0.05) is 17.7 Å². The van der Waals surface area contributed by atoms with E-state index in [1.165, 1.54) is 17.5 Å². The Labute approximate surface area is 193 Å². The molecule has 0 N–H and O–H groups in total. The molecule has 0 bridgehead atoms. The van der Waals surface area contributed by atoms with Crippen molar-refractivity contribution in [3.05, 3.63) is 64.5 Å². The summed E-state index contributed by atoms with van der Waals surface area (Å²) in [7, 11) is -3.48. The number of aromatic nitrogens is 2. The molecule has 1 saturated heterocycles. The van der Waals surface area contributed by atoms with Crippen molar-refractivity contribution in [2.45, 2.75) is 37.1 Å². The smallest absolute Gasteiger partial charge is 0.247 e. The lowest BCUT2D eigenvalue weighted by atomic mass is 9.92. The van der Waals surface area contributed by atoms with Gasteiger partial charge in [-0.25, -0.2) is 8.42 Å². The predicted molar refractivity (Wildman–Crippen MR) is 122 cm³/mol. The average molecular weight is 473 g/mol. The Morgan fingerprint density at radius 3 is 2.38 bits per heavy atom. The maximum atomic E-state index is 13.2. The lowest BCUT2D eigenvalue weighted by Gasteiger charge is -2.33. The number of halogens is 1. The van der Waals surface area contributed by atoms with Crippen molar-refractivity contribution >= 4 is 21.6 Å². The number of hydrogen-bond acceptors (Lipinski definition) is 6. The molecule has 32 heavy (non-hydrogen) atoms. The maximum absolute atomic E-state index is 13.2. The summed E-state index contributed by atoms with van der Waals surface area (Å²) in [5.41, 5.74) is 3.29. The Kier molecular flexibility index (Phi) is 6.03. The van der Waals surface area contributed by atoms with Gasteiger partial charge in [-0.15, -0.1) is 10.2 Å². The fourth-order valence-corrected chi connectivity index (χ4v) is 5.96. The minimum Gasteiger partial charge on any atom is -0.419 e. The maximum Gasteiger partial charge on any atom is 0.247 e. The Morgan fingerprint density at radius 1 is 0.906 bits per heavy atom. The molecule has 3 aromatic rings. The van der Waals surface area contributed by atoms with E-state index in [9.17, 15) is 8.42 Å². The molecule has 0 unspecified atom stereocenters. The van der Waals surface area contributed by atoms with Gasteiger partial charge in [0.25, 0.3) is 0 Å². The average Bonchev–Trinajstić information content (AvgIpc) is 3.28. The molecule has 2 heterocycles. The molecule has 2 aliphatic rings. The highest BCUT2D eigenvalue weighted by atomic mass is 35.5. The minimum atomic E-state index is -3.48. The summed E-state index contributed by atoms with van der Waals surface area (Å²) in [4.78, 5) is 2.55. The highest BCUT2D eigenvalue weighted by molar-refractivity contribution is 7.89. The molecule has 1 fully saturated rings. The fraction of sp³-hybridized carbons (Fsp3) is 0.391. The zero-order valence-corrected chi connectivity index (χ0v) is 19.3. The van der Waals surface area contributed by atoms with Crippen LogP contribution in [0.3, 0.4) is 0 Å². The van der Waals surface area contributed by atoms with E-state index in [2.05, 4.69) is 15.1 Å². The third-order valence-electron chi connectivity index (χ3n) is 6.21. The summed E-state index contributed by atoms with van der Waals surface area (Å²) in [6.45, 7) is 2.61. The predicted octanol–water partition coefficient (Wildman–Crippen LogP) is 3.78. The molecule has 168 valence electrons. The largest absolute Gasteiger partial charge is 0.419 e. The van der Waals surface area contributed by atoms with Gasteiger partial charge in [0.05, 0.1) is 11.4 Å². The van der Waals surface area contributed by atoms with Gasteiger partial charge >= 0.3 is 0 Å². The van der Waals surface area contributed by atoms with Crippen molar-refractivity contribution in [1.29, 1.82) is 0 Å². The first-order chi connectivity index (χ1) is 15.5. The van der Waals surface area contributed by atoms with Gasteiger partial charge in [-0.05, 0) is 73.2 Å². The normalized spacial score (nSPS) is 17.9. The Morgan fingerprint density at radius 2 is 1.62 bits per heavy atom. The van der Waals surface area contributed by atoms with Crippen LogP contribution in [0.25, 0.3) is 11.5 Å². The van der Waals surface area contributed by atoms with E-state index in [1.54, 1.807) is 22.5 Å². The quantitative estimate of drug-likeness (QED) is 0.562. The summed E-state index contributed by atoms with van der Waals surface area (Å²) < 4.78 is 33.7. The van der Waals surface area contributed by atoms with Crippen molar-refractivity contribution in [3.8, 4) is 11.5 Å². The summed E-state index contributed by atoms with van der Waals surface area (Å²) in [6.07, 6.45) is 4.32. The Hall–Kier alpha value is -2.26. The van der Waals surface area contributed by atoms with Crippen LogP contribution < -0.4 is 0 Å². The standard InChI is InChI=1S/C23H25ClN4O3S/c24-20-8-5-18(6-9-20)23-26-25-22(31-23)16-27-11-13-28(14-12-27)32(29,30)21-10-7-17-3-1-2-4-19(17)15-21/h5-10,15H,1-4,11-14,16H2. The summed E-state index contributed by atoms with van der Waals surface area (Å²) in [5, 5.41) is 8.91. The summed E-state index contributed by atoms with van der Waals surface area (Å²) in [6, 6.07) is 12.9. The molecule has 0 atom stereocenters. The highest BCUT2D eigenvalue weighted by Crippen LogP contribution is 2.26. The van der Waals surface area contributed by atoms with E-state index in [1.807, 2.05) is 24.3 Å². The molecule has 0 amide bonds. The summed E-state index contributed by atoms with van der Waals surface area (Å²) in [5.74, 6) is 0.964. The number of sulfonamides is 1. The molecule has 7 nitrogen and oxygen atoms in total. The second kappa shape index (κ2) is 8.94. The molecule has 5 rings (SSSR count). The van der Waals surface area contributed by atoms with Crippen molar-refractivity contribution in [2.24, 2.45) is 0 Å². The third kappa shape index (κ3) is 4.45. The zero-order valence-electron chi connectivity index (χ0n) is 17.7. The van der Waals surface area contributed by atoms with Crippen LogP contribution >= 0.6 is 11.6 Å². The first-order valence-electron chi connectivity index (χ1n) is 10.9. The number of hydrogen-bond donors (Lipinski definition) is 0. The van der Waals surface area contributed by atoms with Crippen molar-refractivity contribution < 1.29 is 12.8 Å². The molecule has 1 aliphatic heterocycles. The van der Waals surface area contributed by atoms with Crippen LogP contribution in [-0.2, 0) is 29.4 Å². The molecule has 0 spiro atoms. The molecule has 0 radical (unpaired) electrons. The van der Waals surface area contributed by atoms with E-state index < -0.39 is 10.0 Å². The van der Waals surface area contributed by atoms with Gasteiger partial charge in [0.1, 0.15) is 0 Å². The molecular formula is C23H25ClN4O3S. The van der Waals surface area contributed by atoms with E-state index >= 15 is 0 Å². The van der Waals surface area contributed by atoms with Crippen LogP contribution in [0.5, 0.6) is 0 Å². The topological polar surface area (TPSA) is 79.5 Å². The van der Waals surface area contributed by atoms with Gasteiger partial charge in [-0.2, -0.15) is 4.31 Å². The van der Waals surface area contributed by atoms with Crippen LogP contribution in [0.2, 0.25) is 5.02 Å². The number of aryl methyl sites for hydroxylation is 2. The monoisotopic (exact) mass is 472 g/mol. The van der Waals surface area contributed by atoms with Crippen LogP contribution in [0.4, 0.5) is 0 Å². The van der Waals surface area contributed by atoms with E-state index in [0.717, 1.165) is 24.8 Å². The third-order valence-corrected chi connectivity index (χ3v) is 8.35. The van der Waals surface area contributed by atoms with Gasteiger partial charge in [-0.3, -0.25) is 4.90 Å². The Bertz CT molecular complexity index is 1200. The van der Waals surface area contributed by atoms with E-state index in [-0.39, 0.29) is 0 Å². The number of rotatable bonds is 5. The first kappa shape index (κ1) is 21.6. The molecule has 1 aliphatic carbocycles. The zero-order chi connectivity index (χ0) is 22.1. The van der Waals surface area contributed by atoms with Gasteiger partial charge in [0, 0.05) is 36.8 Å². The van der Waals surface area contributed by atoms with Crippen LogP contribution in [0.1, 0.15) is 29.9 Å². The second-order valence-electron chi connectivity index (χ2n) is 8.33. The van der Waals surface area contributed by atoms with Crippen molar-refractivity contribution in [2.75, 3.05) is 26.2 Å². The molecule has 1 aromatic heterocycles. The highest BCUT2D eigenvalue weighted by Gasteiger charge is 2.29. The van der Waals surface area contributed by atoms with Gasteiger partial charge in [0.2, 0.25) is 21.8 Å². The van der Waals surface area contributed by atoms with Crippen molar-refractivity contribution in [1.82, 2.24) is 19.4 Å². The van der Waals surface area contributed by atoms with Crippen LogP contribution in [0.15, 0.2) is 51.8 Å². The van der Waals surface area contributed by atoms with Gasteiger partial charge in [0.15, 0.2) is 0 Å². The molecule has 2 aromatic carbocycles. The first-order valence-corrected chi connectivity index (χ1v) is 12.7. The lowest BCUT2D eigenvalue weighted by Crippen LogP contribution is -2.48. The Balaban J connectivity index is 1.21. The molecule has 0 saturated carbocycles.